The Morgan fingerprint density at radius 1 is 1.15 bits per heavy atom. The Bertz CT molecular complexity index is 882. The predicted octanol–water partition coefficient (Wildman–Crippen LogP) is 6.51. The van der Waals surface area contributed by atoms with Crippen LogP contribution in [-0.4, -0.2) is 41.7 Å². The third-order valence-corrected chi connectivity index (χ3v) is 6.98. The van der Waals surface area contributed by atoms with Crippen molar-refractivity contribution in [3.8, 4) is 0 Å². The molecular weight excluding hydrogens is 427 g/mol. The van der Waals surface area contributed by atoms with Crippen molar-refractivity contribution in [3.63, 3.8) is 0 Å². The molecule has 0 radical (unpaired) electrons. The summed E-state index contributed by atoms with van der Waals surface area (Å²) in [6.07, 6.45) is 13.9. The molecule has 1 aromatic carbocycles. The second kappa shape index (κ2) is 13.6. The van der Waals surface area contributed by atoms with Gasteiger partial charge in [-0.2, -0.15) is 0 Å². The lowest BCUT2D eigenvalue weighted by Crippen LogP contribution is -2.33. The molecule has 1 heterocycles. The third kappa shape index (κ3) is 8.21. The summed E-state index contributed by atoms with van der Waals surface area (Å²) >= 11 is 0. The largest absolute Gasteiger partial charge is 0.389 e. The third-order valence-electron chi connectivity index (χ3n) is 6.98. The first-order valence-corrected chi connectivity index (χ1v) is 13.0. The van der Waals surface area contributed by atoms with Crippen LogP contribution >= 0.6 is 0 Å². The molecule has 0 saturated carbocycles. The van der Waals surface area contributed by atoms with Crippen LogP contribution in [0, 0.1) is 5.92 Å². The van der Waals surface area contributed by atoms with Crippen LogP contribution in [0.2, 0.25) is 0 Å². The van der Waals surface area contributed by atoms with Gasteiger partial charge >= 0.3 is 0 Å². The van der Waals surface area contributed by atoms with Gasteiger partial charge in [-0.15, -0.1) is 0 Å². The van der Waals surface area contributed by atoms with E-state index < -0.39 is 6.10 Å². The molecule has 34 heavy (non-hydrogen) atoms. The van der Waals surface area contributed by atoms with Gasteiger partial charge in [-0.1, -0.05) is 63.5 Å². The van der Waals surface area contributed by atoms with Crippen molar-refractivity contribution in [3.05, 3.63) is 65.5 Å². The smallest absolute Gasteiger partial charge is 0.226 e. The van der Waals surface area contributed by atoms with E-state index in [-0.39, 0.29) is 17.7 Å². The van der Waals surface area contributed by atoms with E-state index in [2.05, 4.69) is 22.3 Å². The molecule has 1 atom stereocenters. The fourth-order valence-electron chi connectivity index (χ4n) is 4.76. The zero-order valence-electron chi connectivity index (χ0n) is 20.8. The highest BCUT2D eigenvalue weighted by molar-refractivity contribution is 5.92. The van der Waals surface area contributed by atoms with Gasteiger partial charge in [-0.05, 0) is 87.0 Å². The second-order valence-electron chi connectivity index (χ2n) is 9.97. The molecule has 1 aliphatic carbocycles. The molecule has 5 heteroatoms. The molecule has 1 aromatic rings. The fourth-order valence-corrected chi connectivity index (χ4v) is 4.76. The average Bonchev–Trinajstić information content (AvgIpc) is 3.06. The molecule has 2 aliphatic rings. The molecule has 1 aliphatic heterocycles. The van der Waals surface area contributed by atoms with Crippen molar-refractivity contribution in [1.29, 1.82) is 0 Å². The number of nitrogens with one attached hydrogen (secondary N) is 1. The Hall–Kier alpha value is -2.24. The molecule has 1 saturated heterocycles. The van der Waals surface area contributed by atoms with E-state index in [1.807, 2.05) is 38.1 Å². The van der Waals surface area contributed by atoms with Crippen LogP contribution in [0.1, 0.15) is 76.7 Å². The zero-order valence-corrected chi connectivity index (χ0v) is 20.8. The molecule has 4 nitrogen and oxygen atoms in total. The van der Waals surface area contributed by atoms with Crippen molar-refractivity contribution in [2.24, 2.45) is 5.92 Å². The van der Waals surface area contributed by atoms with Gasteiger partial charge in [-0.3, -0.25) is 4.79 Å². The first-order valence-electron chi connectivity index (χ1n) is 13.0. The minimum atomic E-state index is -0.677. The van der Waals surface area contributed by atoms with Crippen molar-refractivity contribution >= 4 is 11.6 Å². The lowest BCUT2D eigenvalue weighted by Gasteiger charge is -2.32. The second-order valence-corrected chi connectivity index (χ2v) is 9.97. The van der Waals surface area contributed by atoms with E-state index in [9.17, 15) is 14.3 Å². The quantitative estimate of drug-likeness (QED) is 0.364. The van der Waals surface area contributed by atoms with Crippen molar-refractivity contribution in [1.82, 2.24) is 4.90 Å². The van der Waals surface area contributed by atoms with E-state index in [1.54, 1.807) is 6.08 Å². The van der Waals surface area contributed by atoms with Gasteiger partial charge in [0, 0.05) is 11.6 Å². The Morgan fingerprint density at radius 3 is 2.68 bits per heavy atom. The first-order chi connectivity index (χ1) is 16.4. The topological polar surface area (TPSA) is 52.6 Å². The molecule has 0 spiro atoms. The Labute approximate surface area is 204 Å². The Kier molecular flexibility index (Phi) is 10.5. The van der Waals surface area contributed by atoms with E-state index in [1.165, 1.54) is 18.1 Å². The number of allylic oxidation sites excluding steroid dienone is 5. The van der Waals surface area contributed by atoms with Crippen LogP contribution in [-0.2, 0) is 4.79 Å². The summed E-state index contributed by atoms with van der Waals surface area (Å²) in [4.78, 5) is 14.5. The Morgan fingerprint density at radius 2 is 1.91 bits per heavy atom. The number of nitrogens with zero attached hydrogens (tertiary/aromatic N) is 1. The maximum Gasteiger partial charge on any atom is 0.226 e. The molecule has 186 valence electrons. The van der Waals surface area contributed by atoms with Gasteiger partial charge in [0.1, 0.15) is 5.83 Å². The minimum Gasteiger partial charge on any atom is -0.389 e. The van der Waals surface area contributed by atoms with Crippen LogP contribution in [0.15, 0.2) is 60.0 Å². The van der Waals surface area contributed by atoms with Gasteiger partial charge in [0.15, 0.2) is 0 Å². The molecular formula is C29H41FN2O2. The monoisotopic (exact) mass is 468 g/mol. The van der Waals surface area contributed by atoms with Crippen molar-refractivity contribution in [2.45, 2.75) is 77.2 Å². The first kappa shape index (κ1) is 26.4. The van der Waals surface area contributed by atoms with Gasteiger partial charge < -0.3 is 15.3 Å². The molecule has 1 fully saturated rings. The maximum atomic E-state index is 14.0. The molecule has 0 bridgehead atoms. The molecule has 2 N–H and O–H groups in total. The number of amides is 1. The number of hydrogen-bond donors (Lipinski definition) is 2. The fraction of sp³-hybridized carbons (Fsp3) is 0.552. The number of aliphatic hydroxyl groups is 1. The van der Waals surface area contributed by atoms with Crippen molar-refractivity contribution in [2.75, 3.05) is 25.0 Å². The van der Waals surface area contributed by atoms with Crippen molar-refractivity contribution < 1.29 is 14.3 Å². The maximum absolute atomic E-state index is 14.0. The van der Waals surface area contributed by atoms with E-state index in [4.69, 9.17) is 0 Å². The molecule has 1 amide bonds. The van der Waals surface area contributed by atoms with Crippen LogP contribution in [0.25, 0.3) is 0 Å². The predicted molar refractivity (Wildman–Crippen MR) is 138 cm³/mol. The molecule has 3 rings (SSSR count). The minimum absolute atomic E-state index is 0.0197. The summed E-state index contributed by atoms with van der Waals surface area (Å²) in [5.74, 6) is 0.308. The lowest BCUT2D eigenvalue weighted by molar-refractivity contribution is -0.118. The summed E-state index contributed by atoms with van der Waals surface area (Å²) < 4.78 is 14.0. The van der Waals surface area contributed by atoms with Crippen LogP contribution in [0.4, 0.5) is 10.1 Å². The number of rotatable bonds is 11. The van der Waals surface area contributed by atoms with Crippen LogP contribution in [0.3, 0.4) is 0 Å². The number of carbonyl (C=O) groups excluding carboxylic acids is 1. The number of hydrogen-bond acceptors (Lipinski definition) is 3. The standard InChI is InChI=1S/C29H41FN2O2/c1-22(2)29(34)31-25-12-10-11-24(21-25)23-16-19-32(20-17-23)18-9-4-3-8-15-28(33)26-13-6-5-7-14-27(26)30/h5-7,10-12,14,21-23,28,33H,3-4,8-9,13,15-20H2,1-2H3,(H,31,34). The van der Waals surface area contributed by atoms with E-state index in [0.717, 1.165) is 57.4 Å². The number of likely N-dealkylation sites (tertiary alicyclic amines) is 1. The van der Waals surface area contributed by atoms with Crippen LogP contribution in [0.5, 0.6) is 0 Å². The summed E-state index contributed by atoms with van der Waals surface area (Å²) in [5.41, 5.74) is 2.74. The van der Waals surface area contributed by atoms with Gasteiger partial charge in [0.05, 0.1) is 6.10 Å². The highest BCUT2D eigenvalue weighted by Crippen LogP contribution is 2.30. The highest BCUT2D eigenvalue weighted by atomic mass is 19.1. The highest BCUT2D eigenvalue weighted by Gasteiger charge is 2.21. The van der Waals surface area contributed by atoms with E-state index in [0.29, 0.717) is 24.3 Å². The number of halogens is 1. The van der Waals surface area contributed by atoms with Crippen LogP contribution < -0.4 is 5.32 Å². The number of benzene rings is 1. The normalized spacial score (nSPS) is 18.4. The van der Waals surface area contributed by atoms with Gasteiger partial charge in [0.25, 0.3) is 0 Å². The number of piperidine rings is 1. The number of unbranched alkanes of at least 4 members (excludes halogenated alkanes) is 3. The van der Waals surface area contributed by atoms with E-state index >= 15 is 0 Å². The zero-order chi connectivity index (χ0) is 24.3. The SMILES string of the molecule is CC(C)C(=O)Nc1cccc(C2CCN(CCCCCCC(O)C3=C(F)C=CC=CC3)CC2)c1. The number of anilines is 1. The summed E-state index contributed by atoms with van der Waals surface area (Å²) in [7, 11) is 0. The summed E-state index contributed by atoms with van der Waals surface area (Å²) in [5, 5.41) is 13.4. The summed E-state index contributed by atoms with van der Waals surface area (Å²) in [6.45, 7) is 7.16. The number of carbonyl (C=O) groups is 1. The summed E-state index contributed by atoms with van der Waals surface area (Å²) in [6, 6.07) is 8.33. The van der Waals surface area contributed by atoms with Gasteiger partial charge in [0.2, 0.25) is 5.91 Å². The van der Waals surface area contributed by atoms with Gasteiger partial charge in [-0.25, -0.2) is 4.39 Å². The molecule has 1 unspecified atom stereocenters. The average molecular weight is 469 g/mol. The lowest BCUT2D eigenvalue weighted by atomic mass is 9.89. The Balaban J connectivity index is 1.31. The number of aliphatic hydroxyl groups excluding tert-OH is 1. The molecule has 0 aromatic heterocycles.